The second-order valence-corrected chi connectivity index (χ2v) is 10.4. The maximum Gasteiger partial charge on any atom is 0.228 e. The number of rotatable bonds is 11. The highest BCUT2D eigenvalue weighted by Crippen LogP contribution is 2.33. The standard InChI is InChI=1S/C26H35N3OS2/c1-6-28(7-2)16-17-29(26-27-24-20(4)12-13-21(5)25(24)32-26)23(30)9-8-18-31-22-14-10-19(3)11-15-22/h10-15H,6-9,16-18H2,1-5H3. The van der Waals surface area contributed by atoms with Gasteiger partial charge in [-0.05, 0) is 69.3 Å². The minimum absolute atomic E-state index is 0.177. The zero-order valence-corrected chi connectivity index (χ0v) is 21.6. The van der Waals surface area contributed by atoms with Crippen LogP contribution in [0.15, 0.2) is 41.3 Å². The molecule has 0 aliphatic carbocycles. The van der Waals surface area contributed by atoms with Crippen LogP contribution in [0, 0.1) is 20.8 Å². The number of amides is 1. The number of aryl methyl sites for hydroxylation is 3. The molecule has 1 aromatic heterocycles. The summed E-state index contributed by atoms with van der Waals surface area (Å²) in [5, 5.41) is 0.834. The van der Waals surface area contributed by atoms with E-state index in [1.807, 2.05) is 16.7 Å². The number of anilines is 1. The van der Waals surface area contributed by atoms with Crippen molar-refractivity contribution < 1.29 is 4.79 Å². The molecule has 1 heterocycles. The normalized spacial score (nSPS) is 11.4. The van der Waals surface area contributed by atoms with Crippen LogP contribution < -0.4 is 4.90 Å². The summed E-state index contributed by atoms with van der Waals surface area (Å²) in [7, 11) is 0. The molecule has 0 saturated carbocycles. The third kappa shape index (κ3) is 6.33. The van der Waals surface area contributed by atoms with E-state index in [4.69, 9.17) is 4.98 Å². The van der Waals surface area contributed by atoms with Gasteiger partial charge < -0.3 is 4.90 Å². The summed E-state index contributed by atoms with van der Waals surface area (Å²) in [5.41, 5.74) is 4.69. The van der Waals surface area contributed by atoms with Crippen molar-refractivity contribution in [1.82, 2.24) is 9.88 Å². The van der Waals surface area contributed by atoms with E-state index in [0.717, 1.165) is 42.5 Å². The zero-order valence-electron chi connectivity index (χ0n) is 20.0. The second-order valence-electron chi connectivity index (χ2n) is 8.21. The number of carbonyl (C=O) groups is 1. The number of hydrogen-bond donors (Lipinski definition) is 0. The van der Waals surface area contributed by atoms with Crippen molar-refractivity contribution in [2.45, 2.75) is 52.4 Å². The first kappa shape index (κ1) is 24.7. The first-order valence-corrected chi connectivity index (χ1v) is 13.3. The Bertz CT molecular complexity index is 986. The molecule has 4 nitrogen and oxygen atoms in total. The molecule has 0 radical (unpaired) electrons. The summed E-state index contributed by atoms with van der Waals surface area (Å²) >= 11 is 3.47. The fraction of sp³-hybridized carbons (Fsp3) is 0.462. The highest BCUT2D eigenvalue weighted by Gasteiger charge is 2.21. The molecule has 32 heavy (non-hydrogen) atoms. The van der Waals surface area contributed by atoms with Crippen LogP contribution in [0.1, 0.15) is 43.4 Å². The lowest BCUT2D eigenvalue weighted by atomic mass is 10.1. The van der Waals surface area contributed by atoms with Gasteiger partial charge in [-0.2, -0.15) is 0 Å². The maximum absolute atomic E-state index is 13.3. The summed E-state index contributed by atoms with van der Waals surface area (Å²) in [5.74, 6) is 1.12. The van der Waals surface area contributed by atoms with Gasteiger partial charge >= 0.3 is 0 Å². The summed E-state index contributed by atoms with van der Waals surface area (Å²) in [6, 6.07) is 12.8. The molecule has 2 aromatic carbocycles. The Morgan fingerprint density at radius 3 is 2.31 bits per heavy atom. The number of aromatic nitrogens is 1. The lowest BCUT2D eigenvalue weighted by Crippen LogP contribution is -2.38. The van der Waals surface area contributed by atoms with Crippen LogP contribution in [0.2, 0.25) is 0 Å². The molecule has 0 N–H and O–H groups in total. The largest absolute Gasteiger partial charge is 0.302 e. The van der Waals surface area contributed by atoms with Crippen LogP contribution in [0.3, 0.4) is 0 Å². The van der Waals surface area contributed by atoms with Crippen molar-refractivity contribution in [3.63, 3.8) is 0 Å². The molecule has 172 valence electrons. The lowest BCUT2D eigenvalue weighted by molar-refractivity contribution is -0.118. The Morgan fingerprint density at radius 2 is 1.66 bits per heavy atom. The Morgan fingerprint density at radius 1 is 0.969 bits per heavy atom. The molecule has 0 bridgehead atoms. The molecular weight excluding hydrogens is 434 g/mol. The van der Waals surface area contributed by atoms with Crippen molar-refractivity contribution in [1.29, 1.82) is 0 Å². The van der Waals surface area contributed by atoms with Gasteiger partial charge in [-0.25, -0.2) is 4.98 Å². The molecule has 0 saturated heterocycles. The van der Waals surface area contributed by atoms with Crippen LogP contribution in [-0.4, -0.2) is 47.7 Å². The quantitative estimate of drug-likeness (QED) is 0.238. The van der Waals surface area contributed by atoms with Gasteiger partial charge in [0.15, 0.2) is 5.13 Å². The van der Waals surface area contributed by atoms with Gasteiger partial charge in [0.05, 0.1) is 10.2 Å². The molecule has 3 aromatic rings. The third-order valence-electron chi connectivity index (χ3n) is 5.82. The SMILES string of the molecule is CCN(CC)CCN(C(=O)CCCSc1ccc(C)cc1)c1nc2c(C)ccc(C)c2s1. The van der Waals surface area contributed by atoms with E-state index >= 15 is 0 Å². The number of nitrogens with zero attached hydrogens (tertiary/aromatic N) is 3. The van der Waals surface area contributed by atoms with Gasteiger partial charge in [0.25, 0.3) is 0 Å². The molecule has 0 fully saturated rings. The fourth-order valence-electron chi connectivity index (χ4n) is 3.65. The van der Waals surface area contributed by atoms with Crippen molar-refractivity contribution >= 4 is 44.4 Å². The smallest absolute Gasteiger partial charge is 0.228 e. The molecule has 1 amide bonds. The van der Waals surface area contributed by atoms with Gasteiger partial charge in [0, 0.05) is 24.4 Å². The van der Waals surface area contributed by atoms with Gasteiger partial charge in [-0.3, -0.25) is 9.69 Å². The number of thiazole rings is 1. The van der Waals surface area contributed by atoms with E-state index in [0.29, 0.717) is 13.0 Å². The zero-order chi connectivity index (χ0) is 23.1. The highest BCUT2D eigenvalue weighted by molar-refractivity contribution is 7.99. The first-order valence-electron chi connectivity index (χ1n) is 11.5. The summed E-state index contributed by atoms with van der Waals surface area (Å²) in [6.45, 7) is 14.2. The van der Waals surface area contributed by atoms with Gasteiger partial charge in [0.2, 0.25) is 5.91 Å². The Labute approximate surface area is 201 Å². The molecule has 6 heteroatoms. The second kappa shape index (κ2) is 11.8. The van der Waals surface area contributed by atoms with Crippen LogP contribution in [0.5, 0.6) is 0 Å². The molecule has 0 spiro atoms. The van der Waals surface area contributed by atoms with Crippen molar-refractivity contribution in [2.24, 2.45) is 0 Å². The molecule has 0 aliphatic heterocycles. The van der Waals surface area contributed by atoms with E-state index in [1.54, 1.807) is 11.3 Å². The molecule has 0 atom stereocenters. The van der Waals surface area contributed by atoms with E-state index in [2.05, 4.69) is 75.9 Å². The predicted octanol–water partition coefficient (Wildman–Crippen LogP) is 6.47. The average Bonchev–Trinajstić information content (AvgIpc) is 3.24. The van der Waals surface area contributed by atoms with Crippen LogP contribution >= 0.6 is 23.1 Å². The Kier molecular flexibility index (Phi) is 9.14. The Balaban J connectivity index is 1.70. The topological polar surface area (TPSA) is 36.4 Å². The van der Waals surface area contributed by atoms with Gasteiger partial charge in [-0.1, -0.05) is 55.0 Å². The van der Waals surface area contributed by atoms with Crippen molar-refractivity contribution in [3.8, 4) is 0 Å². The van der Waals surface area contributed by atoms with E-state index < -0.39 is 0 Å². The van der Waals surface area contributed by atoms with Crippen LogP contribution in [0.25, 0.3) is 10.2 Å². The third-order valence-corrected chi connectivity index (χ3v) is 8.13. The number of benzene rings is 2. The fourth-order valence-corrected chi connectivity index (χ4v) is 5.66. The minimum atomic E-state index is 0.177. The number of likely N-dealkylation sites (N-methyl/N-ethyl adjacent to an activating group) is 1. The Hall–Kier alpha value is -1.89. The minimum Gasteiger partial charge on any atom is -0.302 e. The molecule has 0 unspecified atom stereocenters. The predicted molar refractivity (Wildman–Crippen MR) is 140 cm³/mol. The van der Waals surface area contributed by atoms with E-state index in [-0.39, 0.29) is 5.91 Å². The van der Waals surface area contributed by atoms with E-state index in [1.165, 1.54) is 26.3 Å². The molecule has 0 aliphatic rings. The van der Waals surface area contributed by atoms with E-state index in [9.17, 15) is 4.79 Å². The average molecular weight is 470 g/mol. The van der Waals surface area contributed by atoms with Crippen molar-refractivity contribution in [2.75, 3.05) is 36.8 Å². The monoisotopic (exact) mass is 469 g/mol. The van der Waals surface area contributed by atoms with Crippen molar-refractivity contribution in [3.05, 3.63) is 53.1 Å². The highest BCUT2D eigenvalue weighted by atomic mass is 32.2. The molecular formula is C26H35N3OS2. The summed E-state index contributed by atoms with van der Waals surface area (Å²) in [6.07, 6.45) is 1.41. The number of hydrogen-bond acceptors (Lipinski definition) is 5. The summed E-state index contributed by atoms with van der Waals surface area (Å²) in [4.78, 5) is 23.8. The van der Waals surface area contributed by atoms with Gasteiger partial charge in [-0.15, -0.1) is 11.8 Å². The first-order chi connectivity index (χ1) is 15.4. The van der Waals surface area contributed by atoms with Gasteiger partial charge in [0.1, 0.15) is 0 Å². The van der Waals surface area contributed by atoms with Crippen LogP contribution in [0.4, 0.5) is 5.13 Å². The maximum atomic E-state index is 13.3. The number of thioether (sulfide) groups is 1. The van der Waals surface area contributed by atoms with Crippen LogP contribution in [-0.2, 0) is 4.79 Å². The lowest BCUT2D eigenvalue weighted by Gasteiger charge is -2.24. The number of carbonyl (C=O) groups excluding carboxylic acids is 1. The number of fused-ring (bicyclic) bond motifs is 1. The summed E-state index contributed by atoms with van der Waals surface area (Å²) < 4.78 is 1.19. The molecule has 3 rings (SSSR count).